The molecule has 0 unspecified atom stereocenters. The zero-order chi connectivity index (χ0) is 38.9. The van der Waals surface area contributed by atoms with Gasteiger partial charge in [-0.25, -0.2) is 4.79 Å². The van der Waals surface area contributed by atoms with Crippen LogP contribution >= 0.6 is 0 Å². The van der Waals surface area contributed by atoms with Crippen LogP contribution in [0.4, 0.5) is 20.5 Å². The fourth-order valence-electron chi connectivity index (χ4n) is 7.46. The van der Waals surface area contributed by atoms with E-state index in [1.165, 1.54) is 7.11 Å². The summed E-state index contributed by atoms with van der Waals surface area (Å²) in [4.78, 5) is 22.9. The molecule has 6 rings (SSSR count). The van der Waals surface area contributed by atoms with Crippen molar-refractivity contribution >= 4 is 28.8 Å². The van der Waals surface area contributed by atoms with Crippen LogP contribution in [0.25, 0.3) is 11.1 Å². The zero-order valence-electron chi connectivity index (χ0n) is 32.5. The zero-order valence-corrected chi connectivity index (χ0v) is 32.5. The third kappa shape index (κ3) is 9.18. The molecule has 2 aliphatic heterocycles. The van der Waals surface area contributed by atoms with Crippen molar-refractivity contribution in [2.45, 2.75) is 78.6 Å². The maximum Gasteiger partial charge on any atom is 0.340 e. The number of fused-ring (bicyclic) bond motifs is 1. The van der Waals surface area contributed by atoms with Crippen molar-refractivity contribution in [2.24, 2.45) is 0 Å². The highest BCUT2D eigenvalue weighted by molar-refractivity contribution is 6.00. The molecule has 0 atom stereocenters. The van der Waals surface area contributed by atoms with Gasteiger partial charge in [-0.15, -0.1) is 0 Å². The molecule has 55 heavy (non-hydrogen) atoms. The first kappa shape index (κ1) is 39.9. The number of nitrogens with zero attached hydrogens (tertiary/aromatic N) is 3. The summed E-state index contributed by atoms with van der Waals surface area (Å²) in [6, 6.07) is 10.8. The summed E-state index contributed by atoms with van der Waals surface area (Å²) in [5, 5.41) is 6.86. The predicted octanol–water partition coefficient (Wildman–Crippen LogP) is 7.00. The molecular formula is C41H53F2N5O7. The number of nitrogens with one attached hydrogen (secondary N) is 2. The van der Waals surface area contributed by atoms with Crippen molar-refractivity contribution in [2.75, 3.05) is 69.5 Å². The van der Waals surface area contributed by atoms with Gasteiger partial charge in [-0.2, -0.15) is 13.8 Å². The smallest absolute Gasteiger partial charge is 0.340 e. The number of carbonyl (C=O) groups is 1. The van der Waals surface area contributed by atoms with Crippen molar-refractivity contribution in [3.8, 4) is 23.0 Å². The second kappa shape index (κ2) is 18.7. The fourth-order valence-corrected chi connectivity index (χ4v) is 7.46. The Morgan fingerprint density at radius 2 is 1.15 bits per heavy atom. The second-order valence-electron chi connectivity index (χ2n) is 13.6. The van der Waals surface area contributed by atoms with E-state index < -0.39 is 17.6 Å². The lowest BCUT2D eigenvalue weighted by Gasteiger charge is -2.37. The predicted molar refractivity (Wildman–Crippen MR) is 207 cm³/mol. The average Bonchev–Trinajstić information content (AvgIpc) is 3.62. The van der Waals surface area contributed by atoms with Crippen molar-refractivity contribution in [3.63, 3.8) is 0 Å². The summed E-state index contributed by atoms with van der Waals surface area (Å²) in [5.74, 6) is -1.13. The highest BCUT2D eigenvalue weighted by Gasteiger charge is 2.31. The highest BCUT2D eigenvalue weighted by atomic mass is 19.1. The minimum absolute atomic E-state index is 0.0356. The van der Waals surface area contributed by atoms with Crippen LogP contribution < -0.4 is 39.4 Å². The lowest BCUT2D eigenvalue weighted by atomic mass is 10.0. The third-order valence-corrected chi connectivity index (χ3v) is 9.99. The molecule has 2 fully saturated rings. The van der Waals surface area contributed by atoms with Crippen LogP contribution in [0.15, 0.2) is 40.8 Å². The summed E-state index contributed by atoms with van der Waals surface area (Å²) in [6.07, 6.45) is 3.30. The molecule has 4 aromatic rings. The molecule has 1 aromatic heterocycles. The number of anilines is 2. The lowest BCUT2D eigenvalue weighted by Crippen LogP contribution is -2.43. The van der Waals surface area contributed by atoms with Crippen molar-refractivity contribution < 1.29 is 41.7 Å². The van der Waals surface area contributed by atoms with Gasteiger partial charge in [0.25, 0.3) is 6.01 Å². The lowest BCUT2D eigenvalue weighted by molar-refractivity contribution is 0.0601. The molecule has 0 bridgehead atoms. The number of methoxy groups -OCH3 is 1. The number of oxazole rings is 1. The Morgan fingerprint density at radius 1 is 0.709 bits per heavy atom. The monoisotopic (exact) mass is 765 g/mol. The quantitative estimate of drug-likeness (QED) is 0.108. The van der Waals surface area contributed by atoms with Crippen LogP contribution in [0.3, 0.4) is 0 Å². The van der Waals surface area contributed by atoms with Crippen molar-refractivity contribution in [1.82, 2.24) is 15.6 Å². The minimum Gasteiger partial charge on any atom is -0.491 e. The van der Waals surface area contributed by atoms with Gasteiger partial charge < -0.3 is 48.5 Å². The Labute approximate surface area is 321 Å². The van der Waals surface area contributed by atoms with E-state index in [-0.39, 0.29) is 35.1 Å². The molecule has 0 aliphatic carbocycles. The van der Waals surface area contributed by atoms with Gasteiger partial charge in [0.1, 0.15) is 5.52 Å². The molecule has 14 heteroatoms. The third-order valence-electron chi connectivity index (χ3n) is 9.99. The van der Waals surface area contributed by atoms with Gasteiger partial charge >= 0.3 is 5.97 Å². The topological polar surface area (TPSA) is 120 Å². The maximum atomic E-state index is 15.3. The molecule has 0 radical (unpaired) electrons. The van der Waals surface area contributed by atoms with Crippen LogP contribution in [-0.4, -0.2) is 82.8 Å². The summed E-state index contributed by atoms with van der Waals surface area (Å²) >= 11 is 0. The van der Waals surface area contributed by atoms with Crippen LogP contribution in [0.5, 0.6) is 23.0 Å². The van der Waals surface area contributed by atoms with E-state index >= 15 is 8.78 Å². The molecule has 0 spiro atoms. The first-order valence-corrected chi connectivity index (χ1v) is 19.4. The number of piperidine rings is 2. The van der Waals surface area contributed by atoms with E-state index in [9.17, 15) is 4.79 Å². The van der Waals surface area contributed by atoms with Gasteiger partial charge in [0.2, 0.25) is 11.6 Å². The SMILES string of the molecule is CCOc1cc(CN(c2nc3cc(N(Cc4cc(OCC)c(F)c(OCC)c4)C4CCNCC4)c(C(=O)OC)cc3o2)C2CCNCC2)cc(OCC)c1F. The Bertz CT molecular complexity index is 1860. The molecule has 3 heterocycles. The van der Waals surface area contributed by atoms with E-state index in [1.807, 2.05) is 19.9 Å². The van der Waals surface area contributed by atoms with Gasteiger partial charge in [0.05, 0.1) is 44.8 Å². The van der Waals surface area contributed by atoms with Crippen LogP contribution in [0.2, 0.25) is 0 Å². The van der Waals surface area contributed by atoms with Crippen molar-refractivity contribution in [3.05, 3.63) is 64.7 Å². The Kier molecular flexibility index (Phi) is 13.5. The number of esters is 1. The van der Waals surface area contributed by atoms with E-state index in [0.29, 0.717) is 67.9 Å². The Hall–Kier alpha value is -4.82. The first-order chi connectivity index (χ1) is 26.8. The number of hydrogen-bond acceptors (Lipinski definition) is 12. The molecule has 0 saturated carbocycles. The summed E-state index contributed by atoms with van der Waals surface area (Å²) < 4.78 is 65.0. The van der Waals surface area contributed by atoms with Gasteiger partial charge in [0.15, 0.2) is 28.6 Å². The van der Waals surface area contributed by atoms with E-state index in [1.54, 1.807) is 44.2 Å². The van der Waals surface area contributed by atoms with E-state index in [4.69, 9.17) is 33.1 Å². The molecular weight excluding hydrogens is 712 g/mol. The number of benzene rings is 3. The first-order valence-electron chi connectivity index (χ1n) is 19.4. The molecule has 3 aromatic carbocycles. The molecule has 2 saturated heterocycles. The maximum absolute atomic E-state index is 15.3. The average molecular weight is 766 g/mol. The molecule has 0 amide bonds. The van der Waals surface area contributed by atoms with E-state index in [2.05, 4.69) is 20.4 Å². The number of halogens is 2. The molecule has 2 N–H and O–H groups in total. The Balaban J connectivity index is 1.45. The second-order valence-corrected chi connectivity index (χ2v) is 13.6. The number of rotatable bonds is 17. The minimum atomic E-state index is -0.546. The fraction of sp³-hybridized carbons (Fsp3) is 0.512. The highest BCUT2D eigenvalue weighted by Crippen LogP contribution is 2.38. The van der Waals surface area contributed by atoms with E-state index in [0.717, 1.165) is 63.0 Å². The molecule has 298 valence electrons. The standard InChI is InChI=1S/C41H53F2N5O7/c1-6-51-34-18-26(19-35(38(34)42)52-7-2)24-47(28-10-14-44-15-11-28)32-23-31-33(22-30(32)40(49)50-5)55-41(46-31)48(29-12-16-45-17-13-29)25-27-20-36(53-8-3)39(43)37(21-27)54-9-4/h18-23,28-29,44-45H,6-17,24-25H2,1-5H3. The number of aromatic nitrogens is 1. The Morgan fingerprint density at radius 3 is 1.58 bits per heavy atom. The van der Waals surface area contributed by atoms with Gasteiger partial charge in [-0.3, -0.25) is 0 Å². The normalized spacial score (nSPS) is 15.2. The molecule has 12 nitrogen and oxygen atoms in total. The largest absolute Gasteiger partial charge is 0.491 e. The number of carbonyl (C=O) groups excluding carboxylic acids is 1. The van der Waals surface area contributed by atoms with Gasteiger partial charge in [-0.05, 0) is 127 Å². The summed E-state index contributed by atoms with van der Waals surface area (Å²) in [6.45, 7) is 12.3. The van der Waals surface area contributed by atoms with Gasteiger partial charge in [0, 0.05) is 25.2 Å². The summed E-state index contributed by atoms with van der Waals surface area (Å²) in [5.41, 5.74) is 3.47. The van der Waals surface area contributed by atoms with Crippen LogP contribution in [0.1, 0.15) is 74.9 Å². The van der Waals surface area contributed by atoms with Gasteiger partial charge in [-0.1, -0.05) is 0 Å². The summed E-state index contributed by atoms with van der Waals surface area (Å²) in [7, 11) is 1.36. The van der Waals surface area contributed by atoms with Crippen molar-refractivity contribution in [1.29, 1.82) is 0 Å². The number of ether oxygens (including phenoxy) is 5. The number of hydrogen-bond donors (Lipinski definition) is 2. The van der Waals surface area contributed by atoms with Crippen LogP contribution in [0, 0.1) is 11.6 Å². The molecule has 2 aliphatic rings. The van der Waals surface area contributed by atoms with Crippen LogP contribution in [-0.2, 0) is 17.8 Å².